The predicted molar refractivity (Wildman–Crippen MR) is 91.2 cm³/mol. The lowest BCUT2D eigenvalue weighted by Crippen LogP contribution is -2.23. The van der Waals surface area contributed by atoms with Gasteiger partial charge in [-0.2, -0.15) is 0 Å². The van der Waals surface area contributed by atoms with Gasteiger partial charge in [-0.15, -0.1) is 0 Å². The Morgan fingerprint density at radius 1 is 1.12 bits per heavy atom. The van der Waals surface area contributed by atoms with Crippen LogP contribution >= 0.6 is 7.37 Å². The van der Waals surface area contributed by atoms with Gasteiger partial charge in [-0.3, -0.25) is 4.57 Å². The molecule has 0 fully saturated rings. The third-order valence-corrected chi connectivity index (χ3v) is 3.63. The van der Waals surface area contributed by atoms with Crippen LogP contribution in [0.25, 0.3) is 0 Å². The minimum atomic E-state index is -3.23. The molecule has 0 aliphatic heterocycles. The molecule has 2 aromatic rings. The van der Waals surface area contributed by atoms with Crippen molar-refractivity contribution in [2.75, 3.05) is 13.0 Å². The van der Waals surface area contributed by atoms with Crippen LogP contribution in [0.15, 0.2) is 54.6 Å². The highest BCUT2D eigenvalue weighted by molar-refractivity contribution is 7.56. The Bertz CT molecular complexity index is 714. The summed E-state index contributed by atoms with van der Waals surface area (Å²) in [5, 5.41) is 2.65. The zero-order chi connectivity index (χ0) is 17.4. The number of nitrogens with one attached hydrogen (secondary N) is 1. The van der Waals surface area contributed by atoms with Crippen molar-refractivity contribution in [1.29, 1.82) is 0 Å². The number of amides is 1. The number of hydrogen-bond acceptors (Lipinski definition) is 4. The second-order valence-corrected chi connectivity index (χ2v) is 7.75. The molecule has 6 nitrogen and oxygen atoms in total. The maximum absolute atomic E-state index is 11.7. The van der Waals surface area contributed by atoms with E-state index in [1.807, 2.05) is 36.4 Å². The van der Waals surface area contributed by atoms with Crippen molar-refractivity contribution in [1.82, 2.24) is 5.32 Å². The van der Waals surface area contributed by atoms with Crippen LogP contribution in [0.3, 0.4) is 0 Å². The first kappa shape index (κ1) is 18.0. The summed E-state index contributed by atoms with van der Waals surface area (Å²) in [7, 11) is -3.23. The molecule has 0 bridgehead atoms. The summed E-state index contributed by atoms with van der Waals surface area (Å²) in [5.41, 5.74) is 1.71. The summed E-state index contributed by atoms with van der Waals surface area (Å²) >= 11 is 0. The van der Waals surface area contributed by atoms with E-state index in [2.05, 4.69) is 5.32 Å². The second kappa shape index (κ2) is 8.52. The van der Waals surface area contributed by atoms with Crippen LogP contribution in [0.5, 0.6) is 5.75 Å². The summed E-state index contributed by atoms with van der Waals surface area (Å²) in [6.07, 6.45) is -0.762. The van der Waals surface area contributed by atoms with Crippen molar-refractivity contribution in [2.24, 2.45) is 0 Å². The molecule has 0 aliphatic rings. The molecule has 0 saturated carbocycles. The quantitative estimate of drug-likeness (QED) is 0.749. The van der Waals surface area contributed by atoms with Gasteiger partial charge in [-0.1, -0.05) is 42.5 Å². The average Bonchev–Trinajstić information content (AvgIpc) is 2.57. The normalized spacial score (nSPS) is 12.9. The summed E-state index contributed by atoms with van der Waals surface area (Å²) < 4.78 is 21.6. The summed E-state index contributed by atoms with van der Waals surface area (Å²) in [6.45, 7) is 1.72. The van der Waals surface area contributed by atoms with Crippen molar-refractivity contribution in [2.45, 2.75) is 13.2 Å². The number of hydrogen-bond donors (Lipinski definition) is 2. The third kappa shape index (κ3) is 6.86. The maximum Gasteiger partial charge on any atom is 0.407 e. The fraction of sp³-hybridized carbons (Fsp3) is 0.235. The standard InChI is InChI=1S/C17H20NO5P/c1-24(20,21)13-23-16-9-5-8-15(10-16)11-18-17(19)22-12-14-6-3-2-4-7-14/h2-10H,11-13H2,1H3,(H,18,19)(H,20,21). The molecular formula is C17H20NO5P. The van der Waals surface area contributed by atoms with Crippen molar-refractivity contribution >= 4 is 13.5 Å². The lowest BCUT2D eigenvalue weighted by atomic mass is 10.2. The first-order valence-corrected chi connectivity index (χ1v) is 9.67. The molecule has 128 valence electrons. The van der Waals surface area contributed by atoms with Crippen LogP contribution in [0.2, 0.25) is 0 Å². The molecule has 0 radical (unpaired) electrons. The maximum atomic E-state index is 11.7. The predicted octanol–water partition coefficient (Wildman–Crippen LogP) is 3.35. The summed E-state index contributed by atoms with van der Waals surface area (Å²) in [4.78, 5) is 20.9. The Morgan fingerprint density at radius 2 is 1.83 bits per heavy atom. The SMILES string of the molecule is CP(=O)(O)COc1cccc(CNC(=O)OCc2ccccc2)c1. The lowest BCUT2D eigenvalue weighted by Gasteiger charge is -2.10. The van der Waals surface area contributed by atoms with Crippen LogP contribution < -0.4 is 10.1 Å². The first-order valence-electron chi connectivity index (χ1n) is 7.38. The molecule has 0 aromatic heterocycles. The van der Waals surface area contributed by atoms with Gasteiger partial charge in [-0.05, 0) is 23.3 Å². The van der Waals surface area contributed by atoms with Crippen molar-refractivity contribution in [3.8, 4) is 5.75 Å². The molecule has 2 rings (SSSR count). The van der Waals surface area contributed by atoms with Gasteiger partial charge >= 0.3 is 6.09 Å². The van der Waals surface area contributed by atoms with E-state index in [1.54, 1.807) is 18.2 Å². The van der Waals surface area contributed by atoms with E-state index in [1.165, 1.54) is 6.66 Å². The Kier molecular flexibility index (Phi) is 6.41. The Morgan fingerprint density at radius 3 is 2.54 bits per heavy atom. The fourth-order valence-electron chi connectivity index (χ4n) is 1.89. The molecule has 0 heterocycles. The van der Waals surface area contributed by atoms with Gasteiger partial charge in [0, 0.05) is 13.2 Å². The third-order valence-electron chi connectivity index (χ3n) is 3.02. The molecule has 0 aliphatic carbocycles. The van der Waals surface area contributed by atoms with Gasteiger partial charge in [0.1, 0.15) is 12.4 Å². The smallest absolute Gasteiger partial charge is 0.407 e. The van der Waals surface area contributed by atoms with Gasteiger partial charge in [0.05, 0.1) is 0 Å². The Hall–Kier alpha value is -2.30. The number of alkyl carbamates (subject to hydrolysis) is 1. The van der Waals surface area contributed by atoms with Crippen LogP contribution in [0.4, 0.5) is 4.79 Å². The lowest BCUT2D eigenvalue weighted by molar-refractivity contribution is 0.139. The van der Waals surface area contributed by atoms with Crippen LogP contribution in [-0.4, -0.2) is 24.0 Å². The number of benzene rings is 2. The first-order chi connectivity index (χ1) is 11.4. The van der Waals surface area contributed by atoms with Gasteiger partial charge in [0.2, 0.25) is 7.37 Å². The molecule has 0 saturated heterocycles. The largest absolute Gasteiger partial charge is 0.484 e. The van der Waals surface area contributed by atoms with Gasteiger partial charge in [-0.25, -0.2) is 4.79 Å². The summed E-state index contributed by atoms with van der Waals surface area (Å²) in [5.74, 6) is 0.475. The van der Waals surface area contributed by atoms with E-state index >= 15 is 0 Å². The van der Waals surface area contributed by atoms with E-state index < -0.39 is 13.5 Å². The minimum absolute atomic E-state index is 0.206. The molecule has 1 atom stereocenters. The van der Waals surface area contributed by atoms with E-state index in [0.29, 0.717) is 5.75 Å². The highest BCUT2D eigenvalue weighted by Gasteiger charge is 2.10. The zero-order valence-corrected chi connectivity index (χ0v) is 14.2. The zero-order valence-electron chi connectivity index (χ0n) is 13.3. The Balaban J connectivity index is 1.79. The van der Waals surface area contributed by atoms with E-state index in [-0.39, 0.29) is 19.5 Å². The molecule has 1 amide bonds. The fourth-order valence-corrected chi connectivity index (χ4v) is 2.28. The molecule has 0 spiro atoms. The molecular weight excluding hydrogens is 329 g/mol. The average molecular weight is 349 g/mol. The number of ether oxygens (including phenoxy) is 2. The van der Waals surface area contributed by atoms with E-state index in [4.69, 9.17) is 9.47 Å². The number of rotatable bonds is 7. The molecule has 24 heavy (non-hydrogen) atoms. The number of carbonyl (C=O) groups excluding carboxylic acids is 1. The highest BCUT2D eigenvalue weighted by Crippen LogP contribution is 2.35. The van der Waals surface area contributed by atoms with Gasteiger partial charge < -0.3 is 19.7 Å². The van der Waals surface area contributed by atoms with Crippen LogP contribution in [0, 0.1) is 0 Å². The van der Waals surface area contributed by atoms with Gasteiger partial charge in [0.15, 0.2) is 6.35 Å². The topological polar surface area (TPSA) is 84.9 Å². The monoisotopic (exact) mass is 349 g/mol. The van der Waals surface area contributed by atoms with E-state index in [0.717, 1.165) is 11.1 Å². The Labute approximate surface area is 140 Å². The van der Waals surface area contributed by atoms with Crippen LogP contribution in [0.1, 0.15) is 11.1 Å². The van der Waals surface area contributed by atoms with Gasteiger partial charge in [0.25, 0.3) is 0 Å². The molecule has 2 N–H and O–H groups in total. The highest BCUT2D eigenvalue weighted by atomic mass is 31.2. The minimum Gasteiger partial charge on any atom is -0.484 e. The second-order valence-electron chi connectivity index (χ2n) is 5.39. The van der Waals surface area contributed by atoms with Crippen molar-refractivity contribution in [3.05, 3.63) is 65.7 Å². The van der Waals surface area contributed by atoms with E-state index in [9.17, 15) is 14.3 Å². The molecule has 7 heteroatoms. The summed E-state index contributed by atoms with van der Waals surface area (Å²) in [6, 6.07) is 16.4. The van der Waals surface area contributed by atoms with Crippen molar-refractivity contribution < 1.29 is 23.7 Å². The number of carbonyl (C=O) groups is 1. The molecule has 1 unspecified atom stereocenters. The van der Waals surface area contributed by atoms with Crippen molar-refractivity contribution in [3.63, 3.8) is 0 Å². The van der Waals surface area contributed by atoms with Crippen LogP contribution in [-0.2, 0) is 22.5 Å². The molecule has 2 aromatic carbocycles.